The average Bonchev–Trinajstić information content (AvgIpc) is 2.81. The van der Waals surface area contributed by atoms with Gasteiger partial charge in [0.1, 0.15) is 16.4 Å². The summed E-state index contributed by atoms with van der Waals surface area (Å²) < 4.78 is 39.3. The standard InChI is InChI=1S/C12H14N2O5S/c1-17-8-4-5-9(18-2)11(20(3,15)16)10(8)7-6-14-19-12(7)13/h4-6H,13H2,1-3H3. The number of nitrogen functional groups attached to an aromatic ring is 1. The quantitative estimate of drug-likeness (QED) is 0.908. The van der Waals surface area contributed by atoms with Crippen molar-refractivity contribution in [2.45, 2.75) is 4.90 Å². The van der Waals surface area contributed by atoms with Crippen LogP contribution in [0.15, 0.2) is 27.7 Å². The topological polar surface area (TPSA) is 105 Å². The minimum atomic E-state index is -3.58. The lowest BCUT2D eigenvalue weighted by atomic mass is 10.1. The summed E-state index contributed by atoms with van der Waals surface area (Å²) in [5.41, 5.74) is 6.29. The Bertz CT molecular complexity index is 736. The predicted octanol–water partition coefficient (Wildman–Crippen LogP) is 1.34. The van der Waals surface area contributed by atoms with E-state index in [9.17, 15) is 8.42 Å². The molecule has 0 saturated heterocycles. The molecule has 1 heterocycles. The van der Waals surface area contributed by atoms with Crippen LogP contribution in [0.25, 0.3) is 11.1 Å². The molecule has 2 N–H and O–H groups in total. The Morgan fingerprint density at radius 2 is 1.80 bits per heavy atom. The lowest BCUT2D eigenvalue weighted by molar-refractivity contribution is 0.394. The number of rotatable bonds is 4. The van der Waals surface area contributed by atoms with Crippen molar-refractivity contribution in [1.82, 2.24) is 5.16 Å². The van der Waals surface area contributed by atoms with E-state index in [2.05, 4.69) is 5.16 Å². The molecule has 2 aromatic rings. The van der Waals surface area contributed by atoms with Crippen molar-refractivity contribution in [2.24, 2.45) is 0 Å². The molecule has 0 saturated carbocycles. The third-order valence-electron chi connectivity index (χ3n) is 2.76. The molecule has 0 unspecified atom stereocenters. The van der Waals surface area contributed by atoms with Crippen molar-refractivity contribution < 1.29 is 22.4 Å². The number of aromatic nitrogens is 1. The molecule has 0 spiro atoms. The van der Waals surface area contributed by atoms with Gasteiger partial charge in [0.15, 0.2) is 9.84 Å². The van der Waals surface area contributed by atoms with Crippen LogP contribution in [-0.4, -0.2) is 34.0 Å². The van der Waals surface area contributed by atoms with Gasteiger partial charge >= 0.3 is 0 Å². The monoisotopic (exact) mass is 298 g/mol. The van der Waals surface area contributed by atoms with Crippen LogP contribution in [0.2, 0.25) is 0 Å². The zero-order chi connectivity index (χ0) is 14.9. The molecule has 8 heteroatoms. The summed E-state index contributed by atoms with van der Waals surface area (Å²) in [5.74, 6) is 0.534. The van der Waals surface area contributed by atoms with Crippen molar-refractivity contribution in [1.29, 1.82) is 0 Å². The fourth-order valence-corrected chi connectivity index (χ4v) is 3.03. The molecule has 1 aromatic carbocycles. The number of nitrogens with zero attached hydrogens (tertiary/aromatic N) is 1. The molecule has 108 valence electrons. The van der Waals surface area contributed by atoms with Gasteiger partial charge in [-0.15, -0.1) is 0 Å². The summed E-state index contributed by atoms with van der Waals surface area (Å²) in [6.45, 7) is 0. The summed E-state index contributed by atoms with van der Waals surface area (Å²) >= 11 is 0. The van der Waals surface area contributed by atoms with E-state index in [1.165, 1.54) is 26.5 Å². The SMILES string of the molecule is COc1ccc(OC)c(S(C)(=O)=O)c1-c1cnoc1N. The van der Waals surface area contributed by atoms with E-state index < -0.39 is 9.84 Å². The van der Waals surface area contributed by atoms with E-state index in [1.54, 1.807) is 6.07 Å². The van der Waals surface area contributed by atoms with Crippen molar-refractivity contribution in [3.8, 4) is 22.6 Å². The maximum atomic E-state index is 12.1. The van der Waals surface area contributed by atoms with E-state index in [-0.39, 0.29) is 22.1 Å². The molecule has 0 amide bonds. The Morgan fingerprint density at radius 3 is 2.25 bits per heavy atom. The van der Waals surface area contributed by atoms with Gasteiger partial charge in [-0.25, -0.2) is 8.42 Å². The Morgan fingerprint density at radius 1 is 1.20 bits per heavy atom. The summed E-state index contributed by atoms with van der Waals surface area (Å²) in [5, 5.41) is 3.56. The molecule has 0 atom stereocenters. The highest BCUT2D eigenvalue weighted by Gasteiger charge is 2.26. The lowest BCUT2D eigenvalue weighted by Gasteiger charge is -2.15. The molecular weight excluding hydrogens is 284 g/mol. The summed E-state index contributed by atoms with van der Waals surface area (Å²) in [7, 11) is -0.764. The molecule has 0 aliphatic heterocycles. The van der Waals surface area contributed by atoms with E-state index in [1.807, 2.05) is 0 Å². The average molecular weight is 298 g/mol. The van der Waals surface area contributed by atoms with Crippen LogP contribution in [0, 0.1) is 0 Å². The van der Waals surface area contributed by atoms with Gasteiger partial charge in [0.2, 0.25) is 5.88 Å². The highest BCUT2D eigenvalue weighted by molar-refractivity contribution is 7.91. The molecule has 20 heavy (non-hydrogen) atoms. The van der Waals surface area contributed by atoms with E-state index in [0.717, 1.165) is 6.26 Å². The third-order valence-corrected chi connectivity index (χ3v) is 3.91. The van der Waals surface area contributed by atoms with Gasteiger partial charge in [0.05, 0.1) is 31.5 Å². The lowest BCUT2D eigenvalue weighted by Crippen LogP contribution is -2.05. The molecule has 0 aliphatic carbocycles. The highest BCUT2D eigenvalue weighted by Crippen LogP contribution is 2.43. The van der Waals surface area contributed by atoms with E-state index in [4.69, 9.17) is 19.7 Å². The van der Waals surface area contributed by atoms with E-state index in [0.29, 0.717) is 11.3 Å². The number of hydrogen-bond donors (Lipinski definition) is 1. The van der Waals surface area contributed by atoms with Crippen LogP contribution in [0.5, 0.6) is 11.5 Å². The van der Waals surface area contributed by atoms with Gasteiger partial charge < -0.3 is 19.7 Å². The van der Waals surface area contributed by atoms with Crippen LogP contribution in [-0.2, 0) is 9.84 Å². The minimum absolute atomic E-state index is 0.00135. The zero-order valence-electron chi connectivity index (χ0n) is 11.2. The highest BCUT2D eigenvalue weighted by atomic mass is 32.2. The van der Waals surface area contributed by atoms with Gasteiger partial charge in [-0.2, -0.15) is 0 Å². The first kappa shape index (κ1) is 14.2. The summed E-state index contributed by atoms with van der Waals surface area (Å²) in [6, 6.07) is 3.11. The second-order valence-electron chi connectivity index (χ2n) is 4.05. The molecular formula is C12H14N2O5S. The third kappa shape index (κ3) is 2.29. The van der Waals surface area contributed by atoms with Crippen molar-refractivity contribution in [3.05, 3.63) is 18.3 Å². The predicted molar refractivity (Wildman–Crippen MR) is 72.6 cm³/mol. The van der Waals surface area contributed by atoms with Crippen LogP contribution < -0.4 is 15.2 Å². The second kappa shape index (κ2) is 5.04. The maximum absolute atomic E-state index is 12.1. The maximum Gasteiger partial charge on any atom is 0.230 e. The summed E-state index contributed by atoms with van der Waals surface area (Å²) in [6.07, 6.45) is 2.42. The van der Waals surface area contributed by atoms with Crippen molar-refractivity contribution >= 4 is 15.7 Å². The molecule has 0 aliphatic rings. The molecule has 1 aromatic heterocycles. The van der Waals surface area contributed by atoms with Gasteiger partial charge in [-0.1, -0.05) is 5.16 Å². The number of ether oxygens (including phenoxy) is 2. The van der Waals surface area contributed by atoms with Gasteiger partial charge in [-0.3, -0.25) is 0 Å². The van der Waals surface area contributed by atoms with Gasteiger partial charge in [0.25, 0.3) is 0 Å². The first-order valence-electron chi connectivity index (χ1n) is 5.55. The summed E-state index contributed by atoms with van der Waals surface area (Å²) in [4.78, 5) is -0.0192. The van der Waals surface area contributed by atoms with Gasteiger partial charge in [-0.05, 0) is 12.1 Å². The van der Waals surface area contributed by atoms with Gasteiger partial charge in [0, 0.05) is 6.26 Å². The van der Waals surface area contributed by atoms with Crippen LogP contribution in [0.4, 0.5) is 5.88 Å². The first-order valence-corrected chi connectivity index (χ1v) is 7.44. The number of anilines is 1. The Hall–Kier alpha value is -2.22. The molecule has 2 rings (SSSR count). The van der Waals surface area contributed by atoms with Crippen LogP contribution >= 0.6 is 0 Å². The fraction of sp³-hybridized carbons (Fsp3) is 0.250. The number of sulfone groups is 1. The Kier molecular flexibility index (Phi) is 3.58. The largest absolute Gasteiger partial charge is 0.496 e. The molecule has 0 radical (unpaired) electrons. The normalized spacial score (nSPS) is 11.3. The number of hydrogen-bond acceptors (Lipinski definition) is 7. The molecule has 0 bridgehead atoms. The fourth-order valence-electron chi connectivity index (χ4n) is 1.94. The zero-order valence-corrected chi connectivity index (χ0v) is 12.0. The van der Waals surface area contributed by atoms with Crippen LogP contribution in [0.1, 0.15) is 0 Å². The number of nitrogens with two attached hydrogens (primary N) is 1. The van der Waals surface area contributed by atoms with E-state index >= 15 is 0 Å². The molecule has 0 fully saturated rings. The first-order chi connectivity index (χ1) is 9.40. The van der Waals surface area contributed by atoms with Crippen molar-refractivity contribution in [3.63, 3.8) is 0 Å². The Labute approximate surface area is 116 Å². The smallest absolute Gasteiger partial charge is 0.230 e. The number of benzene rings is 1. The number of methoxy groups -OCH3 is 2. The second-order valence-corrected chi connectivity index (χ2v) is 6.00. The minimum Gasteiger partial charge on any atom is -0.496 e. The van der Waals surface area contributed by atoms with Crippen LogP contribution in [0.3, 0.4) is 0 Å². The molecule has 7 nitrogen and oxygen atoms in total. The van der Waals surface area contributed by atoms with Crippen molar-refractivity contribution in [2.75, 3.05) is 26.2 Å². The Balaban J connectivity index is 2.92.